The molecule has 2 atom stereocenters. The number of nitrogens with zero attached hydrogens (tertiary/aromatic N) is 1. The average Bonchev–Trinajstić information content (AvgIpc) is 2.31. The Morgan fingerprint density at radius 3 is 2.50 bits per heavy atom. The molecule has 0 aromatic heterocycles. The van der Waals surface area contributed by atoms with Gasteiger partial charge in [-0.1, -0.05) is 0 Å². The van der Waals surface area contributed by atoms with Gasteiger partial charge in [-0.2, -0.15) is 0 Å². The van der Waals surface area contributed by atoms with Gasteiger partial charge in [0.1, 0.15) is 0 Å². The summed E-state index contributed by atoms with van der Waals surface area (Å²) >= 11 is 1.23. The van der Waals surface area contributed by atoms with Crippen LogP contribution in [0.2, 0.25) is 0 Å². The molecule has 2 aliphatic heterocycles. The Kier molecular flexibility index (Phi) is 2.27. The van der Waals surface area contributed by atoms with Crippen molar-refractivity contribution in [3.8, 4) is 0 Å². The van der Waals surface area contributed by atoms with Crippen molar-refractivity contribution >= 4 is 19.6 Å². The zero-order valence-corrected chi connectivity index (χ0v) is 7.81. The fourth-order valence-corrected chi connectivity index (χ4v) is 3.06. The van der Waals surface area contributed by atoms with Crippen molar-refractivity contribution in [2.75, 3.05) is 0 Å². The van der Waals surface area contributed by atoms with Gasteiger partial charge >= 0.3 is 77.0 Å². The van der Waals surface area contributed by atoms with Gasteiger partial charge in [0.05, 0.1) is 0 Å². The van der Waals surface area contributed by atoms with Crippen LogP contribution in [0.3, 0.4) is 0 Å². The molecule has 2 bridgehead atoms. The van der Waals surface area contributed by atoms with Crippen molar-refractivity contribution in [2.24, 2.45) is 4.30 Å². The van der Waals surface area contributed by atoms with Gasteiger partial charge in [0.2, 0.25) is 0 Å². The number of rotatable bonds is 2. The number of piperidine rings is 1. The summed E-state index contributed by atoms with van der Waals surface area (Å²) in [4.78, 5) is -0.640. The third-order valence-corrected chi connectivity index (χ3v) is 3.50. The summed E-state index contributed by atoms with van der Waals surface area (Å²) in [7, 11) is 3.40. The molecule has 2 fully saturated rings. The molecule has 0 aliphatic carbocycles. The molecule has 0 spiro atoms. The summed E-state index contributed by atoms with van der Waals surface area (Å²) in [5.41, 5.74) is 0. The molecule has 2 rings (SSSR count). The van der Waals surface area contributed by atoms with Crippen LogP contribution in [-0.4, -0.2) is 29.8 Å². The summed E-state index contributed by atoms with van der Waals surface area (Å²) < 4.78 is 3.72. The van der Waals surface area contributed by atoms with E-state index in [4.69, 9.17) is 0 Å². The van der Waals surface area contributed by atoms with Crippen molar-refractivity contribution < 1.29 is 5.11 Å². The molecule has 2 N–H and O–H groups in total. The van der Waals surface area contributed by atoms with Crippen molar-refractivity contribution in [1.82, 2.24) is 5.32 Å². The zero-order chi connectivity index (χ0) is 8.60. The van der Waals surface area contributed by atoms with Crippen molar-refractivity contribution in [3.05, 3.63) is 0 Å². The van der Waals surface area contributed by atoms with Crippen LogP contribution in [0.5, 0.6) is 0 Å². The number of hydrogen-bond donors (Lipinski definition) is 2. The molecule has 2 aliphatic rings. The summed E-state index contributed by atoms with van der Waals surface area (Å²) in [6, 6.07) is 1.01. The SMILES string of the molecule is B=NSC1(O)CC2CCC(C1)N2. The van der Waals surface area contributed by atoms with Gasteiger partial charge in [0.15, 0.2) is 0 Å². The van der Waals surface area contributed by atoms with Crippen molar-refractivity contribution in [1.29, 1.82) is 0 Å². The topological polar surface area (TPSA) is 44.6 Å². The Labute approximate surface area is 77.6 Å². The molecule has 0 radical (unpaired) electrons. The summed E-state index contributed by atoms with van der Waals surface area (Å²) in [6.45, 7) is 0. The summed E-state index contributed by atoms with van der Waals surface area (Å²) in [6.07, 6.45) is 4.02. The monoisotopic (exact) mass is 184 g/mol. The molecule has 2 heterocycles. The van der Waals surface area contributed by atoms with Gasteiger partial charge in [-0.05, 0) is 0 Å². The van der Waals surface area contributed by atoms with E-state index in [1.165, 1.54) is 24.8 Å². The maximum atomic E-state index is 10.0. The van der Waals surface area contributed by atoms with E-state index in [0.29, 0.717) is 12.1 Å². The van der Waals surface area contributed by atoms with E-state index >= 15 is 0 Å². The van der Waals surface area contributed by atoms with E-state index in [1.54, 1.807) is 0 Å². The Morgan fingerprint density at radius 2 is 2.00 bits per heavy atom. The summed E-state index contributed by atoms with van der Waals surface area (Å²) in [5, 5.41) is 13.5. The predicted molar refractivity (Wildman–Crippen MR) is 51.3 cm³/mol. The minimum atomic E-state index is -0.640. The zero-order valence-electron chi connectivity index (χ0n) is 6.99. The minimum absolute atomic E-state index is 0.503. The second-order valence-corrected chi connectivity index (χ2v) is 4.91. The van der Waals surface area contributed by atoms with Crippen molar-refractivity contribution in [3.63, 3.8) is 0 Å². The molecule has 0 amide bonds. The first kappa shape index (κ1) is 8.72. The second-order valence-electron chi connectivity index (χ2n) is 3.71. The first-order valence-corrected chi connectivity index (χ1v) is 5.12. The van der Waals surface area contributed by atoms with Gasteiger partial charge in [-0.25, -0.2) is 0 Å². The molecule has 0 aromatic rings. The fraction of sp³-hybridized carbons (Fsp3) is 1.00. The molecule has 2 unspecified atom stereocenters. The molecule has 3 nitrogen and oxygen atoms in total. The Bertz CT molecular complexity index is 190. The Balaban J connectivity index is 2.04. The second kappa shape index (κ2) is 3.12. The van der Waals surface area contributed by atoms with E-state index in [1.807, 2.05) is 0 Å². The summed E-state index contributed by atoms with van der Waals surface area (Å²) in [5.74, 6) is 0. The van der Waals surface area contributed by atoms with Crippen LogP contribution in [-0.2, 0) is 0 Å². The number of hydrogen-bond acceptors (Lipinski definition) is 4. The first-order valence-electron chi connectivity index (χ1n) is 4.34. The van der Waals surface area contributed by atoms with E-state index in [-0.39, 0.29) is 0 Å². The molecule has 66 valence electrons. The number of fused-ring (bicyclic) bond motifs is 2. The molecule has 12 heavy (non-hydrogen) atoms. The predicted octanol–water partition coefficient (Wildman–Crippen LogP) is 0.322. The van der Waals surface area contributed by atoms with Crippen LogP contribution in [0.4, 0.5) is 0 Å². The number of nitrogens with one attached hydrogen (secondary N) is 1. The van der Waals surface area contributed by atoms with E-state index in [0.717, 1.165) is 12.8 Å². The quantitative estimate of drug-likeness (QED) is 0.369. The van der Waals surface area contributed by atoms with Gasteiger partial charge in [0, 0.05) is 0 Å². The maximum absolute atomic E-state index is 10.0. The first-order chi connectivity index (χ1) is 5.72. The Hall–Kier alpha value is 0.135. The molecular formula is C7H13BN2OS. The molecule has 2 saturated heterocycles. The van der Waals surface area contributed by atoms with Crippen LogP contribution >= 0.6 is 11.9 Å². The number of aliphatic hydroxyl groups is 1. The average molecular weight is 184 g/mol. The van der Waals surface area contributed by atoms with Crippen LogP contribution in [0, 0.1) is 0 Å². The van der Waals surface area contributed by atoms with Gasteiger partial charge in [0.25, 0.3) is 0 Å². The molecular weight excluding hydrogens is 171 g/mol. The molecule has 0 aromatic carbocycles. The van der Waals surface area contributed by atoms with Gasteiger partial charge in [-0.15, -0.1) is 0 Å². The normalized spacial score (nSPS) is 46.0. The Morgan fingerprint density at radius 1 is 1.42 bits per heavy atom. The van der Waals surface area contributed by atoms with Crippen LogP contribution in [0.1, 0.15) is 25.7 Å². The molecule has 0 saturated carbocycles. The van der Waals surface area contributed by atoms with Gasteiger partial charge < -0.3 is 0 Å². The van der Waals surface area contributed by atoms with E-state index in [9.17, 15) is 5.11 Å². The standard InChI is InChI=1S/C7H13BN2OS/c8-10-12-7(11)3-5-1-2-6(4-7)9-5/h5-6,8-9,11H,1-4H2. The van der Waals surface area contributed by atoms with Crippen LogP contribution in [0.15, 0.2) is 4.30 Å². The third-order valence-electron chi connectivity index (χ3n) is 2.70. The van der Waals surface area contributed by atoms with E-state index in [2.05, 4.69) is 17.3 Å². The van der Waals surface area contributed by atoms with Crippen LogP contribution in [0.25, 0.3) is 0 Å². The van der Waals surface area contributed by atoms with Gasteiger partial charge in [-0.3, -0.25) is 0 Å². The third kappa shape index (κ3) is 1.58. The van der Waals surface area contributed by atoms with Crippen LogP contribution < -0.4 is 5.32 Å². The fourth-order valence-electron chi connectivity index (χ4n) is 2.27. The van der Waals surface area contributed by atoms with E-state index < -0.39 is 4.93 Å². The van der Waals surface area contributed by atoms with Crippen molar-refractivity contribution in [2.45, 2.75) is 42.7 Å². The molecule has 5 heteroatoms.